The number of rotatable bonds is 2. The van der Waals surface area contributed by atoms with Gasteiger partial charge in [-0.2, -0.15) is 5.26 Å². The van der Waals surface area contributed by atoms with Crippen molar-refractivity contribution in [2.75, 3.05) is 7.11 Å². The third-order valence-corrected chi connectivity index (χ3v) is 3.49. The summed E-state index contributed by atoms with van der Waals surface area (Å²) in [5, 5.41) is 9.37. The number of nitrogens with zero attached hydrogens (tertiary/aromatic N) is 3. The molecule has 0 amide bonds. The maximum Gasteiger partial charge on any atom is 0.277 e. The van der Waals surface area contributed by atoms with E-state index in [4.69, 9.17) is 4.74 Å². The van der Waals surface area contributed by atoms with Gasteiger partial charge in [0.1, 0.15) is 17.4 Å². The first-order chi connectivity index (χ1) is 11.0. The first-order valence-electron chi connectivity index (χ1n) is 6.76. The van der Waals surface area contributed by atoms with Gasteiger partial charge >= 0.3 is 0 Å². The van der Waals surface area contributed by atoms with Crippen LogP contribution < -0.4 is 15.9 Å². The SMILES string of the molecule is COc1ccc(-c2nc3[nH]c(=O)cc(C)n3c(=O)c2C#N)cc1. The molecule has 0 spiro atoms. The van der Waals surface area contributed by atoms with Gasteiger partial charge in [-0.3, -0.25) is 14.6 Å². The Morgan fingerprint density at radius 1 is 1.26 bits per heavy atom. The highest BCUT2D eigenvalue weighted by Gasteiger charge is 2.16. The van der Waals surface area contributed by atoms with Crippen LogP contribution in [0.4, 0.5) is 0 Å². The van der Waals surface area contributed by atoms with E-state index in [1.54, 1.807) is 38.3 Å². The molecule has 0 saturated carbocycles. The monoisotopic (exact) mass is 308 g/mol. The van der Waals surface area contributed by atoms with E-state index in [0.717, 1.165) is 0 Å². The van der Waals surface area contributed by atoms with Gasteiger partial charge in [-0.1, -0.05) is 0 Å². The van der Waals surface area contributed by atoms with Crippen LogP contribution in [-0.2, 0) is 0 Å². The summed E-state index contributed by atoms with van der Waals surface area (Å²) in [6.45, 7) is 1.61. The minimum atomic E-state index is -0.517. The highest BCUT2D eigenvalue weighted by Crippen LogP contribution is 2.22. The van der Waals surface area contributed by atoms with Crippen LogP contribution in [0.2, 0.25) is 0 Å². The lowest BCUT2D eigenvalue weighted by atomic mass is 10.1. The molecule has 23 heavy (non-hydrogen) atoms. The van der Waals surface area contributed by atoms with Crippen molar-refractivity contribution in [3.05, 3.63) is 62.3 Å². The Labute approximate surface area is 130 Å². The first kappa shape index (κ1) is 14.5. The summed E-state index contributed by atoms with van der Waals surface area (Å²) in [5.41, 5.74) is 0.268. The third-order valence-electron chi connectivity index (χ3n) is 3.49. The number of ether oxygens (including phenoxy) is 1. The van der Waals surface area contributed by atoms with Crippen molar-refractivity contribution in [2.45, 2.75) is 6.92 Å². The van der Waals surface area contributed by atoms with Crippen molar-refractivity contribution < 1.29 is 4.74 Å². The van der Waals surface area contributed by atoms with Gasteiger partial charge in [0.2, 0.25) is 5.78 Å². The van der Waals surface area contributed by atoms with Crippen molar-refractivity contribution in [2.24, 2.45) is 0 Å². The van der Waals surface area contributed by atoms with Crippen molar-refractivity contribution >= 4 is 5.78 Å². The number of aromatic amines is 1. The maximum absolute atomic E-state index is 12.6. The fourth-order valence-corrected chi connectivity index (χ4v) is 2.39. The Hall–Kier alpha value is -3.40. The van der Waals surface area contributed by atoms with Crippen LogP contribution in [0.3, 0.4) is 0 Å². The van der Waals surface area contributed by atoms with Gasteiger partial charge in [0.25, 0.3) is 11.1 Å². The maximum atomic E-state index is 12.6. The molecule has 7 heteroatoms. The van der Waals surface area contributed by atoms with Gasteiger partial charge in [-0.05, 0) is 31.2 Å². The standard InChI is InChI=1S/C16H12N4O3/c1-9-7-13(21)18-16-19-14(12(8-17)15(22)20(9)16)10-3-5-11(23-2)6-4-10/h3-7H,1-2H3,(H,18,19,21). The lowest BCUT2D eigenvalue weighted by Crippen LogP contribution is -2.25. The van der Waals surface area contributed by atoms with E-state index in [2.05, 4.69) is 9.97 Å². The fraction of sp³-hybridized carbons (Fsp3) is 0.125. The molecule has 0 aliphatic carbocycles. The van der Waals surface area contributed by atoms with E-state index in [0.29, 0.717) is 17.0 Å². The van der Waals surface area contributed by atoms with Crippen molar-refractivity contribution in [3.63, 3.8) is 0 Å². The topological polar surface area (TPSA) is 100 Å². The lowest BCUT2D eigenvalue weighted by Gasteiger charge is -2.09. The molecule has 1 N–H and O–H groups in total. The largest absolute Gasteiger partial charge is 0.497 e. The number of hydrogen-bond donors (Lipinski definition) is 1. The molecule has 114 valence electrons. The molecule has 0 fully saturated rings. The second kappa shape index (κ2) is 5.42. The van der Waals surface area contributed by atoms with Crippen LogP contribution in [0, 0.1) is 18.3 Å². The zero-order valence-corrected chi connectivity index (χ0v) is 12.5. The normalized spacial score (nSPS) is 10.5. The summed E-state index contributed by atoms with van der Waals surface area (Å²) in [7, 11) is 1.55. The Morgan fingerprint density at radius 3 is 2.57 bits per heavy atom. The van der Waals surface area contributed by atoms with Crippen LogP contribution in [0.1, 0.15) is 11.3 Å². The summed E-state index contributed by atoms with van der Waals surface area (Å²) in [5.74, 6) is 0.749. The van der Waals surface area contributed by atoms with E-state index in [9.17, 15) is 14.9 Å². The van der Waals surface area contributed by atoms with Crippen LogP contribution >= 0.6 is 0 Å². The number of fused-ring (bicyclic) bond motifs is 1. The highest BCUT2D eigenvalue weighted by molar-refractivity contribution is 5.68. The molecule has 0 radical (unpaired) electrons. The summed E-state index contributed by atoms with van der Waals surface area (Å²) in [6.07, 6.45) is 0. The van der Waals surface area contributed by atoms with Gasteiger partial charge < -0.3 is 4.74 Å². The molecule has 0 aliphatic rings. The smallest absolute Gasteiger partial charge is 0.277 e. The summed E-state index contributed by atoms with van der Waals surface area (Å²) < 4.78 is 6.30. The fourth-order valence-electron chi connectivity index (χ4n) is 2.39. The van der Waals surface area contributed by atoms with Gasteiger partial charge in [0.15, 0.2) is 0 Å². The average Bonchev–Trinajstić information content (AvgIpc) is 2.54. The van der Waals surface area contributed by atoms with Crippen LogP contribution in [-0.4, -0.2) is 21.5 Å². The number of aromatic nitrogens is 3. The molecule has 0 aliphatic heterocycles. The number of hydrogen-bond acceptors (Lipinski definition) is 5. The molecule has 1 aromatic carbocycles. The number of methoxy groups -OCH3 is 1. The minimum Gasteiger partial charge on any atom is -0.497 e. The van der Waals surface area contributed by atoms with Gasteiger partial charge in [0, 0.05) is 17.3 Å². The Kier molecular flexibility index (Phi) is 3.43. The van der Waals surface area contributed by atoms with Gasteiger partial charge in [-0.15, -0.1) is 0 Å². The number of H-pyrrole nitrogens is 1. The quantitative estimate of drug-likeness (QED) is 0.767. The van der Waals surface area contributed by atoms with E-state index >= 15 is 0 Å². The molecule has 0 saturated heterocycles. The van der Waals surface area contributed by atoms with Crippen molar-refractivity contribution in [3.8, 4) is 23.1 Å². The number of nitriles is 1. The molecule has 0 atom stereocenters. The average molecular weight is 308 g/mol. The second-order valence-electron chi connectivity index (χ2n) is 4.91. The lowest BCUT2D eigenvalue weighted by molar-refractivity contribution is 0.415. The van der Waals surface area contributed by atoms with Gasteiger partial charge in [-0.25, -0.2) is 9.38 Å². The number of aryl methyl sites for hydroxylation is 1. The predicted molar refractivity (Wildman–Crippen MR) is 83.5 cm³/mol. The van der Waals surface area contributed by atoms with Crippen molar-refractivity contribution in [1.29, 1.82) is 5.26 Å². The Bertz CT molecular complexity index is 1060. The molecule has 7 nitrogen and oxygen atoms in total. The van der Waals surface area contributed by atoms with Crippen molar-refractivity contribution in [1.82, 2.24) is 14.4 Å². The van der Waals surface area contributed by atoms with Gasteiger partial charge in [0.05, 0.1) is 12.8 Å². The molecule has 0 bridgehead atoms. The first-order valence-corrected chi connectivity index (χ1v) is 6.76. The predicted octanol–water partition coefficient (Wildman–Crippen LogP) is 1.24. The molecular formula is C16H12N4O3. The molecule has 2 heterocycles. The van der Waals surface area contributed by atoms with E-state index in [1.165, 1.54) is 10.5 Å². The van der Waals surface area contributed by atoms with E-state index < -0.39 is 5.56 Å². The number of nitrogens with one attached hydrogen (secondary N) is 1. The molecular weight excluding hydrogens is 296 g/mol. The zero-order chi connectivity index (χ0) is 16.6. The van der Waals surface area contributed by atoms with Crippen LogP contribution in [0.25, 0.3) is 17.0 Å². The molecule has 2 aromatic heterocycles. The Balaban J connectivity index is 2.38. The molecule has 3 aromatic rings. The minimum absolute atomic E-state index is 0.0807. The van der Waals surface area contributed by atoms with E-state index in [1.807, 2.05) is 6.07 Å². The molecule has 3 rings (SSSR count). The van der Waals surface area contributed by atoms with E-state index in [-0.39, 0.29) is 22.6 Å². The second-order valence-corrected chi connectivity index (χ2v) is 4.91. The zero-order valence-electron chi connectivity index (χ0n) is 12.5. The molecule has 0 unspecified atom stereocenters. The Morgan fingerprint density at radius 2 is 1.96 bits per heavy atom. The number of benzene rings is 1. The summed E-state index contributed by atoms with van der Waals surface area (Å²) in [4.78, 5) is 31.0. The summed E-state index contributed by atoms with van der Waals surface area (Å²) >= 11 is 0. The van der Waals surface area contributed by atoms with Crippen LogP contribution in [0.5, 0.6) is 5.75 Å². The summed E-state index contributed by atoms with van der Waals surface area (Å²) in [6, 6.07) is 10.0. The third kappa shape index (κ3) is 2.36. The van der Waals surface area contributed by atoms with Crippen LogP contribution in [0.15, 0.2) is 39.9 Å². The highest BCUT2D eigenvalue weighted by atomic mass is 16.5.